The van der Waals surface area contributed by atoms with Gasteiger partial charge in [0.1, 0.15) is 0 Å². The molecule has 2 rings (SSSR count). The normalized spacial score (nSPS) is 10.4. The number of thioether (sulfide) groups is 1. The molecule has 2 N–H and O–H groups in total. The van der Waals surface area contributed by atoms with Crippen LogP contribution in [0.5, 0.6) is 0 Å². The van der Waals surface area contributed by atoms with Crippen LogP contribution in [0.1, 0.15) is 0 Å². The van der Waals surface area contributed by atoms with Gasteiger partial charge in [-0.25, -0.2) is 0 Å². The van der Waals surface area contributed by atoms with Gasteiger partial charge in [0.25, 0.3) is 0 Å². The van der Waals surface area contributed by atoms with Crippen LogP contribution >= 0.6 is 50.6 Å². The summed E-state index contributed by atoms with van der Waals surface area (Å²) in [4.78, 5) is 10.5. The van der Waals surface area contributed by atoms with Crippen molar-refractivity contribution in [1.82, 2.24) is 10.2 Å². The summed E-state index contributed by atoms with van der Waals surface area (Å²) >= 11 is 11.7. The van der Waals surface area contributed by atoms with E-state index in [-0.39, 0.29) is 5.75 Å². The maximum atomic E-state index is 10.5. The highest BCUT2D eigenvalue weighted by Crippen LogP contribution is 2.32. The molecule has 0 spiro atoms. The Bertz CT molecular complexity index is 608. The lowest BCUT2D eigenvalue weighted by Gasteiger charge is -2.04. The van der Waals surface area contributed by atoms with Gasteiger partial charge in [-0.2, -0.15) is 0 Å². The first-order valence-corrected chi connectivity index (χ1v) is 7.92. The van der Waals surface area contributed by atoms with E-state index in [1.54, 1.807) is 12.1 Å². The van der Waals surface area contributed by atoms with Crippen molar-refractivity contribution in [2.24, 2.45) is 0 Å². The van der Waals surface area contributed by atoms with Crippen LogP contribution in [-0.4, -0.2) is 27.0 Å². The molecule has 0 bridgehead atoms. The summed E-state index contributed by atoms with van der Waals surface area (Å²) in [5.41, 5.74) is 0.776. The molecule has 19 heavy (non-hydrogen) atoms. The molecule has 0 radical (unpaired) electrons. The molecule has 1 aromatic heterocycles. The summed E-state index contributed by atoms with van der Waals surface area (Å²) < 4.78 is 1.45. The molecule has 0 aliphatic carbocycles. The van der Waals surface area contributed by atoms with E-state index >= 15 is 0 Å². The standard InChI is InChI=1S/C10H7BrClN3O2S2/c11-6-2-1-5(12)3-7(6)13-9-14-15-10(19-9)18-4-8(16)17/h1-3H,4H2,(H,13,14)(H,16,17). The number of carboxylic acid groups (broad SMARTS) is 1. The van der Waals surface area contributed by atoms with Gasteiger partial charge in [0.05, 0.1) is 11.4 Å². The summed E-state index contributed by atoms with van der Waals surface area (Å²) in [6.45, 7) is 0. The zero-order valence-electron chi connectivity index (χ0n) is 9.26. The van der Waals surface area contributed by atoms with Crippen LogP contribution in [0.25, 0.3) is 0 Å². The average molecular weight is 381 g/mol. The van der Waals surface area contributed by atoms with Crippen molar-refractivity contribution >= 4 is 67.4 Å². The Hall–Kier alpha value is -0.830. The van der Waals surface area contributed by atoms with Crippen molar-refractivity contribution in [3.63, 3.8) is 0 Å². The summed E-state index contributed by atoms with van der Waals surface area (Å²) in [6.07, 6.45) is 0. The lowest BCUT2D eigenvalue weighted by Crippen LogP contribution is -1.96. The molecule has 0 fully saturated rings. The van der Waals surface area contributed by atoms with Crippen LogP contribution in [0.2, 0.25) is 5.02 Å². The molecule has 2 aromatic rings. The number of anilines is 2. The molecule has 9 heteroatoms. The molecule has 0 aliphatic heterocycles. The van der Waals surface area contributed by atoms with Crippen LogP contribution in [0, 0.1) is 0 Å². The first kappa shape index (κ1) is 14.6. The van der Waals surface area contributed by atoms with Crippen LogP contribution in [0.15, 0.2) is 27.0 Å². The second-order valence-corrected chi connectivity index (χ2v) is 6.80. The van der Waals surface area contributed by atoms with E-state index in [9.17, 15) is 4.79 Å². The second kappa shape index (κ2) is 6.56. The van der Waals surface area contributed by atoms with Crippen LogP contribution < -0.4 is 5.32 Å². The van der Waals surface area contributed by atoms with Crippen molar-refractivity contribution in [2.75, 3.05) is 11.1 Å². The smallest absolute Gasteiger partial charge is 0.313 e. The van der Waals surface area contributed by atoms with Crippen molar-refractivity contribution in [2.45, 2.75) is 4.34 Å². The van der Waals surface area contributed by atoms with Crippen molar-refractivity contribution in [1.29, 1.82) is 0 Å². The molecule has 5 nitrogen and oxygen atoms in total. The van der Waals surface area contributed by atoms with Crippen LogP contribution in [-0.2, 0) is 4.79 Å². The highest BCUT2D eigenvalue weighted by atomic mass is 79.9. The lowest BCUT2D eigenvalue weighted by molar-refractivity contribution is -0.133. The zero-order valence-corrected chi connectivity index (χ0v) is 13.2. The van der Waals surface area contributed by atoms with E-state index in [0.29, 0.717) is 14.5 Å². The average Bonchev–Trinajstić information content (AvgIpc) is 2.79. The van der Waals surface area contributed by atoms with Crippen molar-refractivity contribution in [3.05, 3.63) is 27.7 Å². The summed E-state index contributed by atoms with van der Waals surface area (Å²) in [5, 5.41) is 20.7. The number of carboxylic acids is 1. The Balaban J connectivity index is 2.07. The van der Waals surface area contributed by atoms with Crippen LogP contribution in [0.4, 0.5) is 10.8 Å². The number of halogens is 2. The first-order chi connectivity index (χ1) is 9.04. The number of benzene rings is 1. The topological polar surface area (TPSA) is 75.1 Å². The quantitative estimate of drug-likeness (QED) is 0.767. The van der Waals surface area contributed by atoms with Gasteiger partial charge in [0, 0.05) is 9.50 Å². The number of hydrogen-bond donors (Lipinski definition) is 2. The number of aromatic nitrogens is 2. The van der Waals surface area contributed by atoms with Gasteiger partial charge < -0.3 is 10.4 Å². The fourth-order valence-corrected chi connectivity index (χ4v) is 3.15. The third kappa shape index (κ3) is 4.34. The highest BCUT2D eigenvalue weighted by Gasteiger charge is 2.09. The minimum absolute atomic E-state index is 0.0322. The van der Waals surface area contributed by atoms with Gasteiger partial charge in [0.2, 0.25) is 5.13 Å². The van der Waals surface area contributed by atoms with Gasteiger partial charge in [-0.05, 0) is 34.1 Å². The molecule has 100 valence electrons. The Morgan fingerprint density at radius 2 is 2.32 bits per heavy atom. The Morgan fingerprint density at radius 1 is 1.53 bits per heavy atom. The minimum Gasteiger partial charge on any atom is -0.481 e. The molecule has 0 saturated heterocycles. The predicted octanol–water partition coefficient (Wildman–Crippen LogP) is 3.87. The largest absolute Gasteiger partial charge is 0.481 e. The number of nitrogens with one attached hydrogen (secondary N) is 1. The summed E-state index contributed by atoms with van der Waals surface area (Å²) in [5.74, 6) is -0.914. The minimum atomic E-state index is -0.882. The first-order valence-electron chi connectivity index (χ1n) is 4.95. The molecule has 0 amide bonds. The van der Waals surface area contributed by atoms with Crippen molar-refractivity contribution in [3.8, 4) is 0 Å². The maximum Gasteiger partial charge on any atom is 0.313 e. The number of nitrogens with zero attached hydrogens (tertiary/aromatic N) is 2. The second-order valence-electron chi connectivity index (χ2n) is 3.30. The molecule has 0 aliphatic rings. The molecule has 0 unspecified atom stereocenters. The molecule has 0 saturated carbocycles. The Labute approximate surface area is 130 Å². The zero-order chi connectivity index (χ0) is 13.8. The molecule has 1 heterocycles. The van der Waals surface area contributed by atoms with Gasteiger partial charge in [-0.1, -0.05) is 34.7 Å². The van der Waals surface area contributed by atoms with Gasteiger partial charge in [0.15, 0.2) is 4.34 Å². The van der Waals surface area contributed by atoms with E-state index in [2.05, 4.69) is 31.4 Å². The SMILES string of the molecule is O=C(O)CSc1nnc(Nc2cc(Cl)ccc2Br)s1. The molecule has 1 aromatic carbocycles. The molecular formula is C10H7BrClN3O2S2. The van der Waals surface area contributed by atoms with Gasteiger partial charge in [-0.3, -0.25) is 4.79 Å². The van der Waals surface area contributed by atoms with E-state index in [4.69, 9.17) is 16.7 Å². The summed E-state index contributed by atoms with van der Waals surface area (Å²) in [6, 6.07) is 5.36. The monoisotopic (exact) mass is 379 g/mol. The maximum absolute atomic E-state index is 10.5. The fourth-order valence-electron chi connectivity index (χ4n) is 1.15. The van der Waals surface area contributed by atoms with E-state index < -0.39 is 5.97 Å². The Morgan fingerprint density at radius 3 is 3.05 bits per heavy atom. The predicted molar refractivity (Wildman–Crippen MR) is 80.7 cm³/mol. The number of rotatable bonds is 5. The highest BCUT2D eigenvalue weighted by molar-refractivity contribution is 9.10. The van der Waals surface area contributed by atoms with E-state index in [1.807, 2.05) is 6.07 Å². The third-order valence-corrected chi connectivity index (χ3v) is 4.78. The van der Waals surface area contributed by atoms with Gasteiger partial charge >= 0.3 is 5.97 Å². The number of carbonyl (C=O) groups is 1. The molecule has 0 atom stereocenters. The van der Waals surface area contributed by atoms with Crippen LogP contribution in [0.3, 0.4) is 0 Å². The fraction of sp³-hybridized carbons (Fsp3) is 0.100. The molecular weight excluding hydrogens is 374 g/mol. The van der Waals surface area contributed by atoms with Gasteiger partial charge in [-0.15, -0.1) is 10.2 Å². The third-order valence-electron chi connectivity index (χ3n) is 1.90. The van der Waals surface area contributed by atoms with E-state index in [0.717, 1.165) is 21.9 Å². The Kier molecular flexibility index (Phi) is 5.03. The lowest BCUT2D eigenvalue weighted by atomic mass is 10.3. The number of hydrogen-bond acceptors (Lipinski definition) is 6. The van der Waals surface area contributed by atoms with Crippen molar-refractivity contribution < 1.29 is 9.90 Å². The number of aliphatic carboxylic acids is 1. The summed E-state index contributed by atoms with van der Waals surface area (Å²) in [7, 11) is 0. The van der Waals surface area contributed by atoms with E-state index in [1.165, 1.54) is 11.3 Å².